The van der Waals surface area contributed by atoms with Crippen molar-refractivity contribution >= 4 is 29.0 Å². The zero-order valence-electron chi connectivity index (χ0n) is 11.2. The van der Waals surface area contributed by atoms with Crippen LogP contribution in [0.5, 0.6) is 0 Å². The Bertz CT molecular complexity index is 458. The first-order valence-electron chi connectivity index (χ1n) is 6.67. The van der Waals surface area contributed by atoms with Crippen LogP contribution in [0.15, 0.2) is 18.2 Å². The number of amides is 2. The Morgan fingerprint density at radius 2 is 2.05 bits per heavy atom. The van der Waals surface area contributed by atoms with Crippen molar-refractivity contribution in [2.45, 2.75) is 38.1 Å². The minimum Gasteiger partial charge on any atom is -0.397 e. The van der Waals surface area contributed by atoms with E-state index in [9.17, 15) is 4.79 Å². The van der Waals surface area contributed by atoms with Crippen LogP contribution in [-0.4, -0.2) is 19.1 Å². The molecule has 1 aliphatic rings. The summed E-state index contributed by atoms with van der Waals surface area (Å²) in [4.78, 5) is 13.7. The van der Waals surface area contributed by atoms with E-state index in [1.165, 1.54) is 24.2 Å². The zero-order chi connectivity index (χ0) is 13.8. The van der Waals surface area contributed by atoms with E-state index >= 15 is 0 Å². The largest absolute Gasteiger partial charge is 0.397 e. The summed E-state index contributed by atoms with van der Waals surface area (Å²) in [7, 11) is 1.71. The van der Waals surface area contributed by atoms with Crippen molar-refractivity contribution in [3.05, 3.63) is 23.2 Å². The molecule has 0 bridgehead atoms. The molecule has 0 radical (unpaired) electrons. The van der Waals surface area contributed by atoms with E-state index in [0.29, 0.717) is 16.4 Å². The Kier molecular flexibility index (Phi) is 4.53. The molecule has 1 fully saturated rings. The van der Waals surface area contributed by atoms with Crippen molar-refractivity contribution in [3.8, 4) is 0 Å². The van der Waals surface area contributed by atoms with Crippen LogP contribution in [0.2, 0.25) is 5.02 Å². The molecule has 0 aromatic heterocycles. The Labute approximate surface area is 118 Å². The molecule has 3 N–H and O–H groups in total. The third kappa shape index (κ3) is 3.53. The third-order valence-corrected chi connectivity index (χ3v) is 3.83. The topological polar surface area (TPSA) is 58.4 Å². The molecule has 0 heterocycles. The molecule has 0 aliphatic heterocycles. The number of nitrogens with zero attached hydrogens (tertiary/aromatic N) is 1. The number of halogens is 1. The lowest BCUT2D eigenvalue weighted by Crippen LogP contribution is -2.44. The van der Waals surface area contributed by atoms with Crippen LogP contribution >= 0.6 is 11.6 Å². The van der Waals surface area contributed by atoms with Gasteiger partial charge in [0.15, 0.2) is 0 Å². The molecule has 0 saturated heterocycles. The number of nitrogen functional groups attached to an aromatic ring is 1. The highest BCUT2D eigenvalue weighted by Crippen LogP contribution is 2.26. The molecule has 0 unspecified atom stereocenters. The highest BCUT2D eigenvalue weighted by molar-refractivity contribution is 6.31. The lowest BCUT2D eigenvalue weighted by molar-refractivity contribution is 0.239. The van der Waals surface area contributed by atoms with E-state index in [4.69, 9.17) is 17.3 Å². The van der Waals surface area contributed by atoms with E-state index in [2.05, 4.69) is 5.32 Å². The number of hydrogen-bond acceptors (Lipinski definition) is 2. The van der Waals surface area contributed by atoms with Gasteiger partial charge in [-0.2, -0.15) is 0 Å². The van der Waals surface area contributed by atoms with Gasteiger partial charge in [-0.3, -0.25) is 4.90 Å². The maximum absolute atomic E-state index is 12.2. The van der Waals surface area contributed by atoms with Gasteiger partial charge in [0, 0.05) is 18.1 Å². The molecule has 5 heteroatoms. The number of nitrogens with one attached hydrogen (secondary N) is 1. The number of carbonyl (C=O) groups is 1. The highest BCUT2D eigenvalue weighted by atomic mass is 35.5. The third-order valence-electron chi connectivity index (χ3n) is 3.59. The molecule has 1 aromatic rings. The van der Waals surface area contributed by atoms with Crippen LogP contribution in [0.1, 0.15) is 32.1 Å². The van der Waals surface area contributed by atoms with Crippen LogP contribution in [0, 0.1) is 0 Å². The lowest BCUT2D eigenvalue weighted by Gasteiger charge is -2.26. The van der Waals surface area contributed by atoms with Crippen LogP contribution in [0.3, 0.4) is 0 Å². The van der Waals surface area contributed by atoms with Crippen LogP contribution in [0.4, 0.5) is 16.2 Å². The van der Waals surface area contributed by atoms with Crippen molar-refractivity contribution in [1.29, 1.82) is 0 Å². The first-order chi connectivity index (χ1) is 9.08. The monoisotopic (exact) mass is 281 g/mol. The quantitative estimate of drug-likeness (QED) is 0.816. The predicted octanol–water partition coefficient (Wildman–Crippen LogP) is 3.40. The Balaban J connectivity index is 2.03. The van der Waals surface area contributed by atoms with Crippen molar-refractivity contribution in [3.63, 3.8) is 0 Å². The van der Waals surface area contributed by atoms with E-state index in [1.807, 2.05) is 0 Å². The average molecular weight is 282 g/mol. The molecule has 1 aromatic carbocycles. The zero-order valence-corrected chi connectivity index (χ0v) is 11.9. The fourth-order valence-electron chi connectivity index (χ4n) is 2.44. The molecule has 4 nitrogen and oxygen atoms in total. The molecular formula is C14H20ClN3O. The molecule has 0 spiro atoms. The van der Waals surface area contributed by atoms with E-state index in [1.54, 1.807) is 25.2 Å². The maximum atomic E-state index is 12.2. The summed E-state index contributed by atoms with van der Waals surface area (Å²) in [5.74, 6) is 0. The van der Waals surface area contributed by atoms with E-state index in [-0.39, 0.29) is 12.1 Å². The Hall–Kier alpha value is -1.42. The molecular weight excluding hydrogens is 262 g/mol. The van der Waals surface area contributed by atoms with Crippen molar-refractivity contribution in [2.24, 2.45) is 0 Å². The van der Waals surface area contributed by atoms with Gasteiger partial charge in [0.1, 0.15) is 0 Å². The first kappa shape index (κ1) is 14.0. The number of carbonyl (C=O) groups excluding carboxylic acids is 1. The first-order valence-corrected chi connectivity index (χ1v) is 7.05. The standard InChI is InChI=1S/C14H20ClN3O/c1-18(13-9-10(15)7-8-12(13)16)14(19)17-11-5-3-2-4-6-11/h7-9,11H,2-6,16H2,1H3,(H,17,19). The van der Waals surface area contributed by atoms with Crippen molar-refractivity contribution in [1.82, 2.24) is 5.32 Å². The summed E-state index contributed by atoms with van der Waals surface area (Å²) >= 11 is 5.94. The summed E-state index contributed by atoms with van der Waals surface area (Å²) in [5, 5.41) is 3.62. The highest BCUT2D eigenvalue weighted by Gasteiger charge is 2.19. The average Bonchev–Trinajstić information content (AvgIpc) is 2.42. The van der Waals surface area contributed by atoms with Crippen molar-refractivity contribution in [2.75, 3.05) is 17.7 Å². The van der Waals surface area contributed by atoms with Gasteiger partial charge < -0.3 is 11.1 Å². The second kappa shape index (κ2) is 6.15. The molecule has 104 valence electrons. The van der Waals surface area contributed by atoms with E-state index in [0.717, 1.165) is 12.8 Å². The second-order valence-electron chi connectivity index (χ2n) is 5.05. The summed E-state index contributed by atoms with van der Waals surface area (Å²) in [6.45, 7) is 0. The Morgan fingerprint density at radius 3 is 2.74 bits per heavy atom. The maximum Gasteiger partial charge on any atom is 0.321 e. The minimum atomic E-state index is -0.124. The van der Waals surface area contributed by atoms with Gasteiger partial charge in [-0.25, -0.2) is 4.79 Å². The fourth-order valence-corrected chi connectivity index (χ4v) is 2.60. The number of urea groups is 1. The van der Waals surface area contributed by atoms with Gasteiger partial charge in [0.25, 0.3) is 0 Å². The summed E-state index contributed by atoms with van der Waals surface area (Å²) < 4.78 is 0. The predicted molar refractivity (Wildman–Crippen MR) is 79.7 cm³/mol. The number of nitrogens with two attached hydrogens (primary N) is 1. The lowest BCUT2D eigenvalue weighted by atomic mass is 9.96. The Morgan fingerprint density at radius 1 is 1.37 bits per heavy atom. The summed E-state index contributed by atoms with van der Waals surface area (Å²) in [6, 6.07) is 5.29. The summed E-state index contributed by atoms with van der Waals surface area (Å²) in [5.41, 5.74) is 7.07. The fraction of sp³-hybridized carbons (Fsp3) is 0.500. The van der Waals surface area contributed by atoms with Gasteiger partial charge in [-0.1, -0.05) is 30.9 Å². The number of anilines is 2. The van der Waals surface area contributed by atoms with Crippen LogP contribution in [-0.2, 0) is 0 Å². The number of benzene rings is 1. The van der Waals surface area contributed by atoms with Crippen LogP contribution < -0.4 is 16.0 Å². The molecule has 2 rings (SSSR count). The van der Waals surface area contributed by atoms with Gasteiger partial charge in [-0.15, -0.1) is 0 Å². The molecule has 19 heavy (non-hydrogen) atoms. The van der Waals surface area contributed by atoms with Crippen LogP contribution in [0.25, 0.3) is 0 Å². The smallest absolute Gasteiger partial charge is 0.321 e. The number of hydrogen-bond donors (Lipinski definition) is 2. The SMILES string of the molecule is CN(C(=O)NC1CCCCC1)c1cc(Cl)ccc1N. The summed E-state index contributed by atoms with van der Waals surface area (Å²) in [6.07, 6.45) is 5.76. The molecule has 2 amide bonds. The van der Waals surface area contributed by atoms with E-state index < -0.39 is 0 Å². The van der Waals surface area contributed by atoms with Gasteiger partial charge in [-0.05, 0) is 31.0 Å². The van der Waals surface area contributed by atoms with Gasteiger partial charge in [0.2, 0.25) is 0 Å². The van der Waals surface area contributed by atoms with Gasteiger partial charge in [0.05, 0.1) is 11.4 Å². The second-order valence-corrected chi connectivity index (χ2v) is 5.48. The number of rotatable bonds is 2. The van der Waals surface area contributed by atoms with Crippen molar-refractivity contribution < 1.29 is 4.79 Å². The molecule has 1 aliphatic carbocycles. The minimum absolute atomic E-state index is 0.124. The normalized spacial score (nSPS) is 16.1. The molecule has 0 atom stereocenters. The van der Waals surface area contributed by atoms with Gasteiger partial charge >= 0.3 is 6.03 Å². The molecule has 1 saturated carbocycles.